The maximum Gasteiger partial charge on any atom is 0.322 e. The summed E-state index contributed by atoms with van der Waals surface area (Å²) in [5, 5.41) is 12.1. The monoisotopic (exact) mass is 351 g/mol. The van der Waals surface area contributed by atoms with Gasteiger partial charge in [0.2, 0.25) is 0 Å². The van der Waals surface area contributed by atoms with E-state index in [-0.39, 0.29) is 17.9 Å². The standard InChI is InChI=1S/C16H18ClN3O4/c17-12-2-1-11(9-13(12)20-8-5-18-16(20)24)14(21)19-6-3-10(4-7-19)15(22)23/h1-2,9-10H,3-8H2,(H,18,24)(H,22,23). The van der Waals surface area contributed by atoms with Crippen molar-refractivity contribution in [3.05, 3.63) is 28.8 Å². The van der Waals surface area contributed by atoms with Crippen LogP contribution in [0.25, 0.3) is 0 Å². The Morgan fingerprint density at radius 2 is 1.92 bits per heavy atom. The van der Waals surface area contributed by atoms with Crippen LogP contribution in [0, 0.1) is 5.92 Å². The maximum absolute atomic E-state index is 12.7. The highest BCUT2D eigenvalue weighted by atomic mass is 35.5. The number of urea groups is 1. The van der Waals surface area contributed by atoms with Crippen molar-refractivity contribution in [2.75, 3.05) is 31.1 Å². The minimum atomic E-state index is -0.809. The van der Waals surface area contributed by atoms with Gasteiger partial charge in [0.05, 0.1) is 16.6 Å². The van der Waals surface area contributed by atoms with Gasteiger partial charge >= 0.3 is 12.0 Å². The number of halogens is 1. The van der Waals surface area contributed by atoms with E-state index < -0.39 is 5.97 Å². The number of nitrogens with one attached hydrogen (secondary N) is 1. The van der Waals surface area contributed by atoms with E-state index in [0.29, 0.717) is 55.3 Å². The number of likely N-dealkylation sites (tertiary alicyclic amines) is 1. The molecule has 0 atom stereocenters. The molecule has 2 N–H and O–H groups in total. The Labute approximate surface area is 144 Å². The summed E-state index contributed by atoms with van der Waals surface area (Å²) < 4.78 is 0. The number of amides is 3. The minimum Gasteiger partial charge on any atom is -0.481 e. The zero-order valence-corrected chi connectivity index (χ0v) is 13.8. The molecular weight excluding hydrogens is 334 g/mol. The van der Waals surface area contributed by atoms with Crippen LogP contribution in [0.1, 0.15) is 23.2 Å². The van der Waals surface area contributed by atoms with Gasteiger partial charge in [-0.2, -0.15) is 0 Å². The third-order valence-electron chi connectivity index (χ3n) is 4.47. The van der Waals surface area contributed by atoms with Gasteiger partial charge in [-0.05, 0) is 31.0 Å². The summed E-state index contributed by atoms with van der Waals surface area (Å²) in [7, 11) is 0. The fraction of sp³-hybridized carbons (Fsp3) is 0.438. The average Bonchev–Trinajstić information content (AvgIpc) is 3.00. The lowest BCUT2D eigenvalue weighted by molar-refractivity contribution is -0.143. The Balaban J connectivity index is 1.76. The molecule has 0 unspecified atom stereocenters. The van der Waals surface area contributed by atoms with E-state index >= 15 is 0 Å². The van der Waals surface area contributed by atoms with Gasteiger partial charge in [0.1, 0.15) is 0 Å². The topological polar surface area (TPSA) is 89.9 Å². The number of hydrogen-bond acceptors (Lipinski definition) is 3. The third-order valence-corrected chi connectivity index (χ3v) is 4.79. The Kier molecular flexibility index (Phi) is 4.62. The van der Waals surface area contributed by atoms with Crippen LogP contribution in [0.3, 0.4) is 0 Å². The zero-order chi connectivity index (χ0) is 17.3. The second-order valence-electron chi connectivity index (χ2n) is 5.95. The van der Waals surface area contributed by atoms with Gasteiger partial charge in [0.25, 0.3) is 5.91 Å². The molecule has 0 saturated carbocycles. The van der Waals surface area contributed by atoms with Gasteiger partial charge in [-0.1, -0.05) is 11.6 Å². The Bertz CT molecular complexity index is 686. The predicted molar refractivity (Wildman–Crippen MR) is 88.5 cm³/mol. The first-order valence-corrected chi connectivity index (χ1v) is 8.22. The maximum atomic E-state index is 12.7. The molecule has 0 aliphatic carbocycles. The fourth-order valence-corrected chi connectivity index (χ4v) is 3.29. The third kappa shape index (κ3) is 3.17. The van der Waals surface area contributed by atoms with Crippen LogP contribution in [0.4, 0.5) is 10.5 Å². The van der Waals surface area contributed by atoms with E-state index in [1.807, 2.05) is 0 Å². The summed E-state index contributed by atoms with van der Waals surface area (Å²) in [5.74, 6) is -1.37. The molecule has 8 heteroatoms. The number of carbonyl (C=O) groups excluding carboxylic acids is 2. The molecule has 1 aromatic rings. The smallest absolute Gasteiger partial charge is 0.322 e. The van der Waals surface area contributed by atoms with Gasteiger partial charge in [-0.15, -0.1) is 0 Å². The Morgan fingerprint density at radius 1 is 1.21 bits per heavy atom. The van der Waals surface area contributed by atoms with Crippen molar-refractivity contribution in [2.45, 2.75) is 12.8 Å². The molecule has 3 rings (SSSR count). The lowest BCUT2D eigenvalue weighted by Gasteiger charge is -2.30. The summed E-state index contributed by atoms with van der Waals surface area (Å²) in [5.41, 5.74) is 0.959. The molecule has 0 bridgehead atoms. The first-order valence-electron chi connectivity index (χ1n) is 7.84. The van der Waals surface area contributed by atoms with Crippen molar-refractivity contribution < 1.29 is 19.5 Å². The highest BCUT2D eigenvalue weighted by Crippen LogP contribution is 2.29. The molecule has 1 aromatic carbocycles. The number of carboxylic acids is 1. The second-order valence-corrected chi connectivity index (χ2v) is 6.36. The van der Waals surface area contributed by atoms with Crippen LogP contribution in [-0.4, -0.2) is 54.1 Å². The summed E-state index contributed by atoms with van der Waals surface area (Å²) in [6.45, 7) is 1.87. The number of anilines is 1. The second kappa shape index (κ2) is 6.68. The van der Waals surface area contributed by atoms with Gasteiger partial charge in [0, 0.05) is 31.7 Å². The van der Waals surface area contributed by atoms with E-state index in [1.54, 1.807) is 23.1 Å². The largest absolute Gasteiger partial charge is 0.481 e. The van der Waals surface area contributed by atoms with Gasteiger partial charge in [0.15, 0.2) is 0 Å². The van der Waals surface area contributed by atoms with E-state index in [9.17, 15) is 14.4 Å². The van der Waals surface area contributed by atoms with Crippen LogP contribution in [-0.2, 0) is 4.79 Å². The van der Waals surface area contributed by atoms with Crippen LogP contribution >= 0.6 is 11.6 Å². The molecule has 2 fully saturated rings. The SMILES string of the molecule is O=C(O)C1CCN(C(=O)c2ccc(Cl)c(N3CCNC3=O)c2)CC1. The lowest BCUT2D eigenvalue weighted by Crippen LogP contribution is -2.40. The average molecular weight is 352 g/mol. The zero-order valence-electron chi connectivity index (χ0n) is 13.0. The molecule has 2 aliphatic heterocycles. The molecular formula is C16H18ClN3O4. The van der Waals surface area contributed by atoms with Crippen molar-refractivity contribution in [3.63, 3.8) is 0 Å². The van der Waals surface area contributed by atoms with Crippen LogP contribution in [0.15, 0.2) is 18.2 Å². The van der Waals surface area contributed by atoms with Crippen molar-refractivity contribution in [3.8, 4) is 0 Å². The highest BCUT2D eigenvalue weighted by Gasteiger charge is 2.29. The molecule has 128 valence electrons. The fourth-order valence-electron chi connectivity index (χ4n) is 3.07. The number of carbonyl (C=O) groups is 3. The number of carboxylic acid groups (broad SMARTS) is 1. The molecule has 0 radical (unpaired) electrons. The summed E-state index contributed by atoms with van der Waals surface area (Å²) >= 11 is 6.17. The van der Waals surface area contributed by atoms with Gasteiger partial charge in [-0.25, -0.2) is 4.79 Å². The summed E-state index contributed by atoms with van der Waals surface area (Å²) in [4.78, 5) is 38.6. The molecule has 0 spiro atoms. The lowest BCUT2D eigenvalue weighted by atomic mass is 9.96. The summed E-state index contributed by atoms with van der Waals surface area (Å²) in [6, 6.07) is 4.63. The van der Waals surface area contributed by atoms with Crippen molar-refractivity contribution >= 4 is 35.2 Å². The first-order chi connectivity index (χ1) is 11.5. The quantitative estimate of drug-likeness (QED) is 0.869. The normalized spacial score (nSPS) is 18.6. The molecule has 24 heavy (non-hydrogen) atoms. The molecule has 2 saturated heterocycles. The molecule has 0 aromatic heterocycles. The number of benzene rings is 1. The van der Waals surface area contributed by atoms with E-state index in [1.165, 1.54) is 4.90 Å². The highest BCUT2D eigenvalue weighted by molar-refractivity contribution is 6.34. The van der Waals surface area contributed by atoms with E-state index in [4.69, 9.17) is 16.7 Å². The molecule has 7 nitrogen and oxygen atoms in total. The predicted octanol–water partition coefficient (Wildman–Crippen LogP) is 1.81. The van der Waals surface area contributed by atoms with Crippen LogP contribution in [0.2, 0.25) is 5.02 Å². The van der Waals surface area contributed by atoms with E-state index in [2.05, 4.69) is 5.32 Å². The first kappa shape index (κ1) is 16.6. The number of piperidine rings is 1. The minimum absolute atomic E-state index is 0.170. The van der Waals surface area contributed by atoms with Crippen LogP contribution in [0.5, 0.6) is 0 Å². The Morgan fingerprint density at radius 3 is 2.50 bits per heavy atom. The van der Waals surface area contributed by atoms with Crippen molar-refractivity contribution in [1.82, 2.24) is 10.2 Å². The number of hydrogen-bond donors (Lipinski definition) is 2. The number of aliphatic carboxylic acids is 1. The molecule has 3 amide bonds. The van der Waals surface area contributed by atoms with Gasteiger partial charge in [-0.3, -0.25) is 14.5 Å². The summed E-state index contributed by atoms with van der Waals surface area (Å²) in [6.07, 6.45) is 0.909. The Hall–Kier alpha value is -2.28. The van der Waals surface area contributed by atoms with Crippen LogP contribution < -0.4 is 10.2 Å². The van der Waals surface area contributed by atoms with Crippen molar-refractivity contribution in [1.29, 1.82) is 0 Å². The van der Waals surface area contributed by atoms with Crippen molar-refractivity contribution in [2.24, 2.45) is 5.92 Å². The number of rotatable bonds is 3. The van der Waals surface area contributed by atoms with E-state index in [0.717, 1.165) is 0 Å². The van der Waals surface area contributed by atoms with Gasteiger partial charge < -0.3 is 15.3 Å². The molecule has 2 aliphatic rings. The number of nitrogens with zero attached hydrogens (tertiary/aromatic N) is 2. The molecule has 2 heterocycles.